The number of aryl methyl sites for hydroxylation is 1. The Morgan fingerprint density at radius 2 is 2.11 bits per heavy atom. The third-order valence-electron chi connectivity index (χ3n) is 5.07. The minimum Gasteiger partial charge on any atom is -0.338 e. The maximum atomic E-state index is 12.9. The van der Waals surface area contributed by atoms with Gasteiger partial charge in [0.05, 0.1) is 11.8 Å². The largest absolute Gasteiger partial charge is 0.338 e. The lowest BCUT2D eigenvalue weighted by molar-refractivity contribution is 0.0704. The van der Waals surface area contributed by atoms with Gasteiger partial charge in [-0.3, -0.25) is 14.9 Å². The number of aromatic amines is 1. The molecule has 0 aliphatic carbocycles. The molecular weight excluding hydrogens is 340 g/mol. The fraction of sp³-hybridized carbons (Fsp3) is 0.350. The van der Waals surface area contributed by atoms with Crippen LogP contribution < -0.4 is 0 Å². The van der Waals surface area contributed by atoms with E-state index in [-0.39, 0.29) is 5.91 Å². The van der Waals surface area contributed by atoms with Gasteiger partial charge in [0.15, 0.2) is 5.82 Å². The molecule has 0 spiro atoms. The lowest BCUT2D eigenvalue weighted by Crippen LogP contribution is -2.39. The lowest BCUT2D eigenvalue weighted by atomic mass is 9.91. The van der Waals surface area contributed by atoms with Crippen molar-refractivity contribution >= 4 is 5.91 Å². The Morgan fingerprint density at radius 3 is 2.85 bits per heavy atom. The van der Waals surface area contributed by atoms with E-state index >= 15 is 0 Å². The molecule has 138 valence electrons. The van der Waals surface area contributed by atoms with Crippen molar-refractivity contribution < 1.29 is 4.79 Å². The van der Waals surface area contributed by atoms with Crippen molar-refractivity contribution in [1.29, 1.82) is 0 Å². The average Bonchev–Trinajstić information content (AvgIpc) is 3.23. The molecule has 7 nitrogen and oxygen atoms in total. The molecule has 3 aromatic heterocycles. The smallest absolute Gasteiger partial charge is 0.257 e. The van der Waals surface area contributed by atoms with E-state index in [0.717, 1.165) is 37.1 Å². The second-order valence-electron chi connectivity index (χ2n) is 6.79. The van der Waals surface area contributed by atoms with Crippen molar-refractivity contribution in [3.05, 3.63) is 59.9 Å². The van der Waals surface area contributed by atoms with Gasteiger partial charge in [-0.2, -0.15) is 5.10 Å². The molecule has 0 aromatic carbocycles. The molecule has 1 amide bonds. The molecule has 1 aliphatic rings. The molecule has 1 fully saturated rings. The minimum absolute atomic E-state index is 0.0185. The minimum atomic E-state index is -0.0185. The summed E-state index contributed by atoms with van der Waals surface area (Å²) in [5.41, 5.74) is 3.75. The number of carbonyl (C=O) groups is 1. The van der Waals surface area contributed by atoms with E-state index in [1.165, 1.54) is 5.56 Å². The zero-order chi connectivity index (χ0) is 18.6. The Balaban J connectivity index is 1.49. The van der Waals surface area contributed by atoms with E-state index in [4.69, 9.17) is 0 Å². The van der Waals surface area contributed by atoms with Gasteiger partial charge in [-0.15, -0.1) is 0 Å². The van der Waals surface area contributed by atoms with Crippen LogP contribution in [0.3, 0.4) is 0 Å². The van der Waals surface area contributed by atoms with Crippen molar-refractivity contribution in [3.8, 4) is 11.4 Å². The zero-order valence-electron chi connectivity index (χ0n) is 15.3. The normalized spacial score (nSPS) is 17.1. The van der Waals surface area contributed by atoms with E-state index in [0.29, 0.717) is 23.9 Å². The highest BCUT2D eigenvalue weighted by molar-refractivity contribution is 5.93. The molecule has 4 rings (SSSR count). The number of carbonyl (C=O) groups excluding carboxylic acids is 1. The number of hydrogen-bond acceptors (Lipinski definition) is 5. The number of amides is 1. The maximum Gasteiger partial charge on any atom is 0.257 e. The van der Waals surface area contributed by atoms with Crippen molar-refractivity contribution in [1.82, 2.24) is 30.0 Å². The van der Waals surface area contributed by atoms with E-state index in [2.05, 4.69) is 32.1 Å². The molecule has 1 atom stereocenters. The molecule has 0 radical (unpaired) electrons. The van der Waals surface area contributed by atoms with Crippen LogP contribution in [-0.4, -0.2) is 49.0 Å². The summed E-state index contributed by atoms with van der Waals surface area (Å²) in [6.45, 7) is 3.58. The lowest BCUT2D eigenvalue weighted by Gasteiger charge is -2.32. The number of piperidine rings is 1. The van der Waals surface area contributed by atoms with Crippen molar-refractivity contribution in [3.63, 3.8) is 0 Å². The number of H-pyrrole nitrogens is 1. The van der Waals surface area contributed by atoms with E-state index in [9.17, 15) is 4.79 Å². The van der Waals surface area contributed by atoms with Gasteiger partial charge in [0, 0.05) is 55.1 Å². The number of aromatic nitrogens is 5. The molecular formula is C20H22N6O. The zero-order valence-corrected chi connectivity index (χ0v) is 15.3. The second-order valence-corrected chi connectivity index (χ2v) is 6.79. The van der Waals surface area contributed by atoms with Gasteiger partial charge in [0.2, 0.25) is 0 Å². The third-order valence-corrected chi connectivity index (χ3v) is 5.07. The van der Waals surface area contributed by atoms with Crippen LogP contribution in [0.5, 0.6) is 0 Å². The number of hydrogen-bond donors (Lipinski definition) is 1. The molecule has 1 saturated heterocycles. The first-order valence-electron chi connectivity index (χ1n) is 9.30. The van der Waals surface area contributed by atoms with Crippen LogP contribution in [-0.2, 0) is 6.42 Å². The molecule has 4 heterocycles. The molecule has 0 bridgehead atoms. The Kier molecular flexibility index (Phi) is 4.91. The number of pyridine rings is 1. The maximum absolute atomic E-state index is 12.9. The van der Waals surface area contributed by atoms with Crippen molar-refractivity contribution in [2.45, 2.75) is 32.1 Å². The highest BCUT2D eigenvalue weighted by atomic mass is 16.2. The standard InChI is InChI=1S/C20H22N6O/c1-2-14-12-24-25-18(14)16-6-4-8-26(13-16)20(27)17-10-22-19(23-11-17)15-5-3-7-21-9-15/h3,5,7,9-12,16H,2,4,6,8,13H2,1H3,(H,24,25)/t16-/m1/s1. The molecule has 27 heavy (non-hydrogen) atoms. The first-order valence-corrected chi connectivity index (χ1v) is 9.30. The summed E-state index contributed by atoms with van der Waals surface area (Å²) in [5.74, 6) is 0.854. The summed E-state index contributed by atoms with van der Waals surface area (Å²) < 4.78 is 0. The fourth-order valence-corrected chi connectivity index (χ4v) is 3.62. The highest BCUT2D eigenvalue weighted by Crippen LogP contribution is 2.28. The highest BCUT2D eigenvalue weighted by Gasteiger charge is 2.28. The second kappa shape index (κ2) is 7.65. The summed E-state index contributed by atoms with van der Waals surface area (Å²) in [5, 5.41) is 7.31. The molecule has 1 aliphatic heterocycles. The molecule has 0 unspecified atom stereocenters. The van der Waals surface area contributed by atoms with Crippen LogP contribution in [0.1, 0.15) is 47.3 Å². The van der Waals surface area contributed by atoms with Gasteiger partial charge < -0.3 is 4.90 Å². The van der Waals surface area contributed by atoms with E-state index in [1.807, 2.05) is 23.2 Å². The Hall–Kier alpha value is -3.09. The number of nitrogens with one attached hydrogen (secondary N) is 1. The predicted molar refractivity (Wildman–Crippen MR) is 101 cm³/mol. The summed E-state index contributed by atoms with van der Waals surface area (Å²) in [6.07, 6.45) is 11.5. The quantitative estimate of drug-likeness (QED) is 0.771. The number of nitrogens with zero attached hydrogens (tertiary/aromatic N) is 5. The van der Waals surface area contributed by atoms with Crippen LogP contribution >= 0.6 is 0 Å². The van der Waals surface area contributed by atoms with Gasteiger partial charge in [0.1, 0.15) is 0 Å². The van der Waals surface area contributed by atoms with Gasteiger partial charge in [-0.05, 0) is 37.0 Å². The van der Waals surface area contributed by atoms with Gasteiger partial charge >= 0.3 is 0 Å². The first-order chi connectivity index (χ1) is 13.3. The summed E-state index contributed by atoms with van der Waals surface area (Å²) in [4.78, 5) is 27.6. The molecule has 3 aromatic rings. The van der Waals surface area contributed by atoms with Crippen LogP contribution in [0.25, 0.3) is 11.4 Å². The Bertz CT molecular complexity index is 906. The van der Waals surface area contributed by atoms with Gasteiger partial charge in [-0.1, -0.05) is 6.92 Å². The van der Waals surface area contributed by atoms with Crippen molar-refractivity contribution in [2.75, 3.05) is 13.1 Å². The summed E-state index contributed by atoms with van der Waals surface area (Å²) >= 11 is 0. The van der Waals surface area contributed by atoms with Crippen LogP contribution in [0.15, 0.2) is 43.1 Å². The monoisotopic (exact) mass is 362 g/mol. The third kappa shape index (κ3) is 3.58. The molecule has 7 heteroatoms. The van der Waals surface area contributed by atoms with Gasteiger partial charge in [0.25, 0.3) is 5.91 Å². The first kappa shape index (κ1) is 17.3. The number of likely N-dealkylation sites (tertiary alicyclic amines) is 1. The Labute approximate surface area is 157 Å². The van der Waals surface area contributed by atoms with E-state index < -0.39 is 0 Å². The topological polar surface area (TPSA) is 87.7 Å². The predicted octanol–water partition coefficient (Wildman–Crippen LogP) is 2.84. The van der Waals surface area contributed by atoms with E-state index in [1.54, 1.807) is 24.8 Å². The number of rotatable bonds is 4. The SMILES string of the molecule is CCc1cn[nH]c1[C@@H]1CCCN(C(=O)c2cnc(-c3cccnc3)nc2)C1. The fourth-order valence-electron chi connectivity index (χ4n) is 3.62. The van der Waals surface area contributed by atoms with Crippen molar-refractivity contribution in [2.24, 2.45) is 0 Å². The average molecular weight is 362 g/mol. The van der Waals surface area contributed by atoms with Gasteiger partial charge in [-0.25, -0.2) is 9.97 Å². The summed E-state index contributed by atoms with van der Waals surface area (Å²) in [6, 6.07) is 3.74. The summed E-state index contributed by atoms with van der Waals surface area (Å²) in [7, 11) is 0. The van der Waals surface area contributed by atoms with Crippen LogP contribution in [0.4, 0.5) is 0 Å². The Morgan fingerprint density at radius 1 is 1.26 bits per heavy atom. The molecule has 0 saturated carbocycles. The van der Waals surface area contributed by atoms with Crippen LogP contribution in [0, 0.1) is 0 Å². The molecule has 1 N–H and O–H groups in total. The van der Waals surface area contributed by atoms with Crippen LogP contribution in [0.2, 0.25) is 0 Å².